The predicted molar refractivity (Wildman–Crippen MR) is 59.3 cm³/mol. The molecule has 0 unspecified atom stereocenters. The van der Waals surface area contributed by atoms with Gasteiger partial charge in [0, 0.05) is 6.26 Å². The minimum atomic E-state index is -3.14. The lowest BCUT2D eigenvalue weighted by Crippen LogP contribution is -1.99. The van der Waals surface area contributed by atoms with Crippen molar-refractivity contribution in [1.29, 1.82) is 0 Å². The Morgan fingerprint density at radius 2 is 1.54 bits per heavy atom. The first-order valence-corrected chi connectivity index (χ1v) is 5.98. The molecule has 0 fully saturated rings. The van der Waals surface area contributed by atoms with Gasteiger partial charge in [-0.3, -0.25) is 0 Å². The summed E-state index contributed by atoms with van der Waals surface area (Å²) in [5.41, 5.74) is 0.627. The van der Waals surface area contributed by atoms with Gasteiger partial charge in [-0.15, -0.1) is 0 Å². The summed E-state index contributed by atoms with van der Waals surface area (Å²) < 4.78 is 22.0. The van der Waals surface area contributed by atoms with Crippen LogP contribution in [0.1, 0.15) is 20.8 Å². The Bertz CT molecular complexity index is 295. The van der Waals surface area contributed by atoms with Gasteiger partial charge < -0.3 is 0 Å². The minimum Gasteiger partial charge on any atom is -0.224 e. The second kappa shape index (κ2) is 6.66. The molecule has 3 heteroatoms. The number of hydrogen-bond donors (Lipinski definition) is 0. The van der Waals surface area contributed by atoms with Crippen LogP contribution in [0.5, 0.6) is 0 Å². The maximum atomic E-state index is 11.0. The predicted octanol–water partition coefficient (Wildman–Crippen LogP) is 2.70. The average Bonchev–Trinajstić information content (AvgIpc) is 2.06. The molecule has 2 nitrogen and oxygen atoms in total. The molecular weight excluding hydrogens is 184 g/mol. The fraction of sp³-hybridized carbons (Fsp3) is 0.400. The summed E-state index contributed by atoms with van der Waals surface area (Å²) in [7, 11) is -3.14. The normalized spacial score (nSPS) is 12.0. The van der Waals surface area contributed by atoms with Crippen molar-refractivity contribution in [2.45, 2.75) is 20.8 Å². The molecule has 0 amide bonds. The van der Waals surface area contributed by atoms with Crippen LogP contribution in [0, 0.1) is 0 Å². The molecule has 0 aromatic rings. The van der Waals surface area contributed by atoms with E-state index in [-0.39, 0.29) is 4.91 Å². The largest absolute Gasteiger partial charge is 0.224 e. The zero-order valence-corrected chi connectivity index (χ0v) is 9.61. The molecule has 0 saturated heterocycles. The Balaban J connectivity index is 0. The fourth-order valence-electron chi connectivity index (χ4n) is 0.705. The molecule has 0 aromatic carbocycles. The third-order valence-corrected chi connectivity index (χ3v) is 2.57. The van der Waals surface area contributed by atoms with Crippen LogP contribution in [0.15, 0.2) is 35.8 Å². The second-order valence-corrected chi connectivity index (χ2v) is 4.21. The van der Waals surface area contributed by atoms with Crippen molar-refractivity contribution < 1.29 is 8.42 Å². The SMILES string of the molecule is C=C/C(C)=C(\C=C)S(C)(=O)=O.CC. The molecule has 0 bridgehead atoms. The molecule has 0 aliphatic heterocycles. The van der Waals surface area contributed by atoms with Crippen molar-refractivity contribution in [3.05, 3.63) is 35.8 Å². The molecule has 0 saturated carbocycles. The lowest BCUT2D eigenvalue weighted by Gasteiger charge is -2.00. The molecule has 0 heterocycles. The summed E-state index contributed by atoms with van der Waals surface area (Å²) in [6, 6.07) is 0. The Labute approximate surface area is 81.6 Å². The Morgan fingerprint density at radius 3 is 1.62 bits per heavy atom. The number of rotatable bonds is 3. The summed E-state index contributed by atoms with van der Waals surface area (Å²) >= 11 is 0. The van der Waals surface area contributed by atoms with Crippen molar-refractivity contribution in [3.63, 3.8) is 0 Å². The standard InChI is InChI=1S/C8H12O2S.C2H6/c1-5-7(3)8(6-2)11(4,9)10;1-2/h5-6H,1-2H2,3-4H3;1-2H3/b8-7+;. The molecule has 76 valence electrons. The van der Waals surface area contributed by atoms with Gasteiger partial charge in [-0.05, 0) is 12.5 Å². The lowest BCUT2D eigenvalue weighted by atomic mass is 10.3. The molecule has 0 aliphatic rings. The van der Waals surface area contributed by atoms with E-state index in [9.17, 15) is 8.42 Å². The molecular formula is C10H18O2S. The van der Waals surface area contributed by atoms with Crippen LogP contribution < -0.4 is 0 Å². The zero-order chi connectivity index (χ0) is 11.1. The third-order valence-electron chi connectivity index (χ3n) is 1.28. The maximum Gasteiger partial charge on any atom is 0.175 e. The van der Waals surface area contributed by atoms with E-state index in [4.69, 9.17) is 0 Å². The van der Waals surface area contributed by atoms with Crippen molar-refractivity contribution in [2.24, 2.45) is 0 Å². The molecule has 0 N–H and O–H groups in total. The van der Waals surface area contributed by atoms with Gasteiger partial charge in [-0.1, -0.05) is 39.2 Å². The summed E-state index contributed by atoms with van der Waals surface area (Å²) in [5, 5.41) is 0. The molecule has 0 aromatic heterocycles. The van der Waals surface area contributed by atoms with Crippen LogP contribution in [-0.2, 0) is 9.84 Å². The van der Waals surface area contributed by atoms with Crippen molar-refractivity contribution in [3.8, 4) is 0 Å². The topological polar surface area (TPSA) is 34.1 Å². The van der Waals surface area contributed by atoms with Gasteiger partial charge in [0.05, 0.1) is 4.91 Å². The zero-order valence-electron chi connectivity index (χ0n) is 8.79. The van der Waals surface area contributed by atoms with Gasteiger partial charge in [0.25, 0.3) is 0 Å². The molecule has 0 radical (unpaired) electrons. The van der Waals surface area contributed by atoms with Gasteiger partial charge in [-0.25, -0.2) is 8.42 Å². The maximum absolute atomic E-state index is 11.0. The molecule has 0 rings (SSSR count). The molecule has 0 atom stereocenters. The fourth-order valence-corrected chi connectivity index (χ4v) is 1.68. The van der Waals surface area contributed by atoms with E-state index in [1.54, 1.807) is 6.92 Å². The van der Waals surface area contributed by atoms with Gasteiger partial charge in [0.1, 0.15) is 0 Å². The number of hydrogen-bond acceptors (Lipinski definition) is 2. The number of allylic oxidation sites excluding steroid dienone is 3. The van der Waals surface area contributed by atoms with Crippen molar-refractivity contribution in [1.82, 2.24) is 0 Å². The van der Waals surface area contributed by atoms with Crippen molar-refractivity contribution in [2.75, 3.05) is 6.26 Å². The van der Waals surface area contributed by atoms with Crippen LogP contribution in [0.2, 0.25) is 0 Å². The summed E-state index contributed by atoms with van der Waals surface area (Å²) in [5.74, 6) is 0. The van der Waals surface area contributed by atoms with E-state index >= 15 is 0 Å². The molecule has 0 aliphatic carbocycles. The van der Waals surface area contributed by atoms with E-state index in [2.05, 4.69) is 13.2 Å². The van der Waals surface area contributed by atoms with Crippen LogP contribution >= 0.6 is 0 Å². The van der Waals surface area contributed by atoms with Gasteiger partial charge in [0.15, 0.2) is 9.84 Å². The van der Waals surface area contributed by atoms with E-state index < -0.39 is 9.84 Å². The average molecular weight is 202 g/mol. The van der Waals surface area contributed by atoms with Crippen molar-refractivity contribution >= 4 is 9.84 Å². The van der Waals surface area contributed by atoms with Gasteiger partial charge >= 0.3 is 0 Å². The Hall–Kier alpha value is -0.830. The first-order chi connectivity index (χ1) is 5.93. The quantitative estimate of drug-likeness (QED) is 0.659. The monoisotopic (exact) mass is 202 g/mol. The van der Waals surface area contributed by atoms with E-state index in [0.717, 1.165) is 6.26 Å². The summed E-state index contributed by atoms with van der Waals surface area (Å²) in [6.07, 6.45) is 3.97. The van der Waals surface area contributed by atoms with Crippen LogP contribution in [0.4, 0.5) is 0 Å². The van der Waals surface area contributed by atoms with Gasteiger partial charge in [-0.2, -0.15) is 0 Å². The van der Waals surface area contributed by atoms with E-state index in [1.807, 2.05) is 13.8 Å². The first kappa shape index (κ1) is 14.7. The van der Waals surface area contributed by atoms with E-state index in [1.165, 1.54) is 12.2 Å². The lowest BCUT2D eigenvalue weighted by molar-refractivity contribution is 0.608. The highest BCUT2D eigenvalue weighted by Gasteiger charge is 2.08. The highest BCUT2D eigenvalue weighted by Crippen LogP contribution is 2.12. The Kier molecular flexibility index (Phi) is 7.52. The molecule has 13 heavy (non-hydrogen) atoms. The highest BCUT2D eigenvalue weighted by atomic mass is 32.2. The minimum absolute atomic E-state index is 0.243. The summed E-state index contributed by atoms with van der Waals surface area (Å²) in [4.78, 5) is 0.243. The summed E-state index contributed by atoms with van der Waals surface area (Å²) in [6.45, 7) is 12.6. The van der Waals surface area contributed by atoms with Crippen LogP contribution in [-0.4, -0.2) is 14.7 Å². The second-order valence-electron chi connectivity index (χ2n) is 2.23. The molecule has 0 spiro atoms. The third kappa shape index (κ3) is 5.42. The smallest absolute Gasteiger partial charge is 0.175 e. The van der Waals surface area contributed by atoms with Gasteiger partial charge in [0.2, 0.25) is 0 Å². The van der Waals surface area contributed by atoms with Crippen LogP contribution in [0.3, 0.4) is 0 Å². The van der Waals surface area contributed by atoms with E-state index in [0.29, 0.717) is 5.57 Å². The first-order valence-electron chi connectivity index (χ1n) is 4.09. The highest BCUT2D eigenvalue weighted by molar-refractivity contribution is 7.94. The number of sulfone groups is 1. The van der Waals surface area contributed by atoms with Crippen LogP contribution in [0.25, 0.3) is 0 Å². The Morgan fingerprint density at radius 1 is 1.15 bits per heavy atom.